The van der Waals surface area contributed by atoms with Gasteiger partial charge in [0, 0.05) is 51.6 Å². The molecule has 6 heteroatoms. The molecule has 1 aliphatic heterocycles. The van der Waals surface area contributed by atoms with Crippen LogP contribution in [-0.4, -0.2) is 54.3 Å². The van der Waals surface area contributed by atoms with Gasteiger partial charge in [0.05, 0.1) is 11.6 Å². The molecule has 0 bridgehead atoms. The van der Waals surface area contributed by atoms with Crippen LogP contribution in [0.3, 0.4) is 0 Å². The molecule has 2 aliphatic rings. The lowest BCUT2D eigenvalue weighted by Crippen LogP contribution is -2.48. The predicted octanol–water partition coefficient (Wildman–Crippen LogP) is 1.51. The van der Waals surface area contributed by atoms with Gasteiger partial charge < -0.3 is 10.2 Å². The second kappa shape index (κ2) is 8.81. The molecule has 0 unspecified atom stereocenters. The molecule has 2 fully saturated rings. The molecule has 1 saturated heterocycles. The lowest BCUT2D eigenvalue weighted by molar-refractivity contribution is -0.133. The Labute approximate surface area is 154 Å². The molecule has 0 radical (unpaired) electrons. The van der Waals surface area contributed by atoms with E-state index in [1.54, 1.807) is 0 Å². The minimum atomic E-state index is 0.147. The van der Waals surface area contributed by atoms with Gasteiger partial charge in [-0.25, -0.2) is 0 Å². The van der Waals surface area contributed by atoms with E-state index in [1.807, 2.05) is 29.2 Å². The van der Waals surface area contributed by atoms with Gasteiger partial charge in [0.25, 0.3) is 0 Å². The Morgan fingerprint density at radius 1 is 1.12 bits per heavy atom. The van der Waals surface area contributed by atoms with Crippen LogP contribution in [0.25, 0.3) is 0 Å². The van der Waals surface area contributed by atoms with E-state index < -0.39 is 0 Å². The number of carbonyl (C=O) groups excluding carboxylic acids is 2. The first-order chi connectivity index (χ1) is 12.7. The first-order valence-electron chi connectivity index (χ1n) is 9.42. The van der Waals surface area contributed by atoms with Crippen LogP contribution in [-0.2, 0) is 16.1 Å². The van der Waals surface area contributed by atoms with Crippen LogP contribution in [0, 0.1) is 17.2 Å². The van der Waals surface area contributed by atoms with Crippen LogP contribution in [0.4, 0.5) is 0 Å². The summed E-state index contributed by atoms with van der Waals surface area (Å²) in [5, 5.41) is 11.8. The summed E-state index contributed by atoms with van der Waals surface area (Å²) >= 11 is 0. The van der Waals surface area contributed by atoms with Crippen LogP contribution in [0.1, 0.15) is 36.8 Å². The standard InChI is InChI=1S/C20H26N4O2/c21-14-16-3-5-17(6-4-16)15-23-10-12-24(13-11-23)19(25)2-1-9-22-20(26)18-7-8-18/h3-6,18H,1-2,7-13,15H2,(H,22,26). The maximum atomic E-state index is 12.3. The predicted molar refractivity (Wildman–Crippen MR) is 98.0 cm³/mol. The molecule has 1 aliphatic carbocycles. The molecule has 2 amide bonds. The molecule has 0 atom stereocenters. The van der Waals surface area contributed by atoms with Crippen molar-refractivity contribution in [3.63, 3.8) is 0 Å². The molecule has 0 aromatic heterocycles. The number of nitrogens with one attached hydrogen (secondary N) is 1. The van der Waals surface area contributed by atoms with Gasteiger partial charge in [0.2, 0.25) is 11.8 Å². The van der Waals surface area contributed by atoms with E-state index in [4.69, 9.17) is 5.26 Å². The first-order valence-corrected chi connectivity index (χ1v) is 9.42. The summed E-state index contributed by atoms with van der Waals surface area (Å²) in [5.74, 6) is 0.562. The largest absolute Gasteiger partial charge is 0.356 e. The van der Waals surface area contributed by atoms with Crippen LogP contribution < -0.4 is 5.32 Å². The number of nitrogens with zero attached hydrogens (tertiary/aromatic N) is 3. The summed E-state index contributed by atoms with van der Waals surface area (Å²) in [7, 11) is 0. The van der Waals surface area contributed by atoms with Crippen LogP contribution >= 0.6 is 0 Å². The van der Waals surface area contributed by atoms with Crippen molar-refractivity contribution >= 4 is 11.8 Å². The molecule has 1 aromatic carbocycles. The van der Waals surface area contributed by atoms with Crippen molar-refractivity contribution in [2.45, 2.75) is 32.2 Å². The summed E-state index contributed by atoms with van der Waals surface area (Å²) in [6.45, 7) is 4.68. The van der Waals surface area contributed by atoms with Gasteiger partial charge in [0.1, 0.15) is 0 Å². The quantitative estimate of drug-likeness (QED) is 0.753. The number of hydrogen-bond acceptors (Lipinski definition) is 4. The van der Waals surface area contributed by atoms with Gasteiger partial charge >= 0.3 is 0 Å². The molecule has 138 valence electrons. The Kier molecular flexibility index (Phi) is 6.24. The topological polar surface area (TPSA) is 76.4 Å². The summed E-state index contributed by atoms with van der Waals surface area (Å²) in [6, 6.07) is 9.80. The Balaban J connectivity index is 1.32. The number of benzene rings is 1. The molecular weight excluding hydrogens is 328 g/mol. The second-order valence-corrected chi connectivity index (χ2v) is 7.13. The van der Waals surface area contributed by atoms with Gasteiger partial charge in [-0.3, -0.25) is 14.5 Å². The lowest BCUT2D eigenvalue weighted by atomic mass is 10.1. The van der Waals surface area contributed by atoms with E-state index in [9.17, 15) is 9.59 Å². The van der Waals surface area contributed by atoms with Crippen molar-refractivity contribution in [2.75, 3.05) is 32.7 Å². The van der Waals surface area contributed by atoms with Gasteiger partial charge in [-0.2, -0.15) is 5.26 Å². The number of rotatable bonds is 7. The summed E-state index contributed by atoms with van der Waals surface area (Å²) < 4.78 is 0. The highest BCUT2D eigenvalue weighted by Crippen LogP contribution is 2.28. The van der Waals surface area contributed by atoms with Crippen LogP contribution in [0.5, 0.6) is 0 Å². The van der Waals surface area contributed by atoms with Gasteiger partial charge in [-0.15, -0.1) is 0 Å². The maximum absolute atomic E-state index is 12.3. The molecule has 1 saturated carbocycles. The maximum Gasteiger partial charge on any atom is 0.223 e. The minimum absolute atomic E-state index is 0.147. The van der Waals surface area contributed by atoms with Crippen molar-refractivity contribution in [3.05, 3.63) is 35.4 Å². The van der Waals surface area contributed by atoms with Gasteiger partial charge in [-0.05, 0) is 37.0 Å². The fourth-order valence-corrected chi connectivity index (χ4v) is 3.20. The van der Waals surface area contributed by atoms with Crippen molar-refractivity contribution in [2.24, 2.45) is 5.92 Å². The third-order valence-corrected chi connectivity index (χ3v) is 5.03. The molecule has 1 aromatic rings. The fraction of sp³-hybridized carbons (Fsp3) is 0.550. The first kappa shape index (κ1) is 18.4. The summed E-state index contributed by atoms with van der Waals surface area (Å²) in [4.78, 5) is 28.1. The Morgan fingerprint density at radius 2 is 1.81 bits per heavy atom. The van der Waals surface area contributed by atoms with E-state index in [2.05, 4.69) is 16.3 Å². The molecule has 3 rings (SSSR count). The smallest absolute Gasteiger partial charge is 0.223 e. The number of nitriles is 1. The van der Waals surface area contributed by atoms with E-state index in [0.717, 1.165) is 45.6 Å². The van der Waals surface area contributed by atoms with E-state index in [0.29, 0.717) is 24.9 Å². The normalized spacial score (nSPS) is 17.6. The van der Waals surface area contributed by atoms with Crippen molar-refractivity contribution in [1.82, 2.24) is 15.1 Å². The Morgan fingerprint density at radius 3 is 2.42 bits per heavy atom. The Bertz CT molecular complexity index is 668. The second-order valence-electron chi connectivity index (χ2n) is 7.13. The minimum Gasteiger partial charge on any atom is -0.356 e. The van der Waals surface area contributed by atoms with Crippen LogP contribution in [0.15, 0.2) is 24.3 Å². The van der Waals surface area contributed by atoms with Gasteiger partial charge in [0.15, 0.2) is 0 Å². The number of amides is 2. The van der Waals surface area contributed by atoms with Gasteiger partial charge in [-0.1, -0.05) is 12.1 Å². The molecule has 0 spiro atoms. The SMILES string of the molecule is N#Cc1ccc(CN2CCN(C(=O)CCCNC(=O)C3CC3)CC2)cc1. The highest BCUT2D eigenvalue weighted by atomic mass is 16.2. The molecular formula is C20H26N4O2. The number of carbonyl (C=O) groups is 2. The highest BCUT2D eigenvalue weighted by Gasteiger charge is 2.29. The third kappa shape index (κ3) is 5.30. The monoisotopic (exact) mass is 354 g/mol. The zero-order valence-electron chi connectivity index (χ0n) is 15.1. The van der Waals surface area contributed by atoms with Crippen molar-refractivity contribution in [3.8, 4) is 6.07 Å². The van der Waals surface area contributed by atoms with E-state index in [1.165, 1.54) is 5.56 Å². The molecule has 6 nitrogen and oxygen atoms in total. The van der Waals surface area contributed by atoms with E-state index >= 15 is 0 Å². The molecule has 1 heterocycles. The number of hydrogen-bond donors (Lipinski definition) is 1. The molecule has 1 N–H and O–H groups in total. The summed E-state index contributed by atoms with van der Waals surface area (Å²) in [6.07, 6.45) is 3.23. The average Bonchev–Trinajstić information content (AvgIpc) is 3.51. The zero-order chi connectivity index (χ0) is 18.4. The van der Waals surface area contributed by atoms with E-state index in [-0.39, 0.29) is 17.7 Å². The fourth-order valence-electron chi connectivity index (χ4n) is 3.20. The van der Waals surface area contributed by atoms with Crippen molar-refractivity contribution < 1.29 is 9.59 Å². The lowest BCUT2D eigenvalue weighted by Gasteiger charge is -2.34. The molecule has 26 heavy (non-hydrogen) atoms. The van der Waals surface area contributed by atoms with Crippen LogP contribution in [0.2, 0.25) is 0 Å². The Hall–Kier alpha value is -2.39. The van der Waals surface area contributed by atoms with Crippen molar-refractivity contribution in [1.29, 1.82) is 5.26 Å². The average molecular weight is 354 g/mol. The third-order valence-electron chi connectivity index (χ3n) is 5.03. The number of piperazine rings is 1. The zero-order valence-corrected chi connectivity index (χ0v) is 15.1. The highest BCUT2D eigenvalue weighted by molar-refractivity contribution is 5.81. The summed E-state index contributed by atoms with van der Waals surface area (Å²) in [5.41, 5.74) is 1.87.